The summed E-state index contributed by atoms with van der Waals surface area (Å²) in [6, 6.07) is 51.1. The first-order chi connectivity index (χ1) is 22.6. The lowest BCUT2D eigenvalue weighted by Gasteiger charge is -2.24. The van der Waals surface area contributed by atoms with Gasteiger partial charge >= 0.3 is 0 Å². The Kier molecular flexibility index (Phi) is 5.85. The number of benzene rings is 6. The zero-order valence-electron chi connectivity index (χ0n) is 25.7. The monoisotopic (exact) mass is 590 g/mol. The van der Waals surface area contributed by atoms with E-state index in [2.05, 4.69) is 141 Å². The molecule has 0 unspecified atom stereocenters. The fourth-order valence-corrected chi connectivity index (χ4v) is 7.21. The van der Waals surface area contributed by atoms with Crippen molar-refractivity contribution in [1.29, 1.82) is 0 Å². The fourth-order valence-electron chi connectivity index (χ4n) is 7.21. The van der Waals surface area contributed by atoms with Crippen LogP contribution >= 0.6 is 0 Å². The number of nitrogens with zero attached hydrogens (tertiary/aromatic N) is 2. The number of fused-ring (bicyclic) bond motifs is 6. The molecule has 0 aliphatic heterocycles. The van der Waals surface area contributed by atoms with Crippen molar-refractivity contribution in [2.24, 2.45) is 0 Å². The second-order valence-corrected chi connectivity index (χ2v) is 12.6. The van der Waals surface area contributed by atoms with E-state index in [1.807, 2.05) is 18.2 Å². The van der Waals surface area contributed by atoms with Crippen LogP contribution in [0.1, 0.15) is 25.0 Å². The first kappa shape index (κ1) is 26.6. The Labute approximate surface area is 267 Å². The third-order valence-electron chi connectivity index (χ3n) is 9.49. The van der Waals surface area contributed by atoms with Crippen LogP contribution in [0.5, 0.6) is 0 Å². The van der Waals surface area contributed by atoms with Crippen LogP contribution in [0.4, 0.5) is 0 Å². The summed E-state index contributed by atoms with van der Waals surface area (Å²) in [4.78, 5) is 10.6. The Morgan fingerprint density at radius 2 is 1.11 bits per heavy atom. The summed E-state index contributed by atoms with van der Waals surface area (Å²) in [5.74, 6) is 0.732. The molecule has 0 bridgehead atoms. The topological polar surface area (TPSA) is 38.9 Å². The van der Waals surface area contributed by atoms with Gasteiger partial charge in [0.1, 0.15) is 11.2 Å². The molecule has 0 amide bonds. The smallest absolute Gasteiger partial charge is 0.160 e. The maximum absolute atomic E-state index is 6.36. The van der Waals surface area contributed by atoms with Gasteiger partial charge in [0.25, 0.3) is 0 Å². The van der Waals surface area contributed by atoms with E-state index in [4.69, 9.17) is 14.4 Å². The molecule has 3 nitrogen and oxygen atoms in total. The second-order valence-electron chi connectivity index (χ2n) is 12.6. The Morgan fingerprint density at radius 1 is 0.478 bits per heavy atom. The molecule has 9 rings (SSSR count). The maximum Gasteiger partial charge on any atom is 0.160 e. The Hall–Kier alpha value is -5.80. The SMILES string of the molecule is CC1(C)c2ccccc2-c2nc(-c3cccc(-c4ccccc4)c3)nc(-c3ccc(-c4cccc5c4oc4ccccc45)cc3)c21. The summed E-state index contributed by atoms with van der Waals surface area (Å²) < 4.78 is 6.36. The molecular formula is C43H30N2O. The van der Waals surface area contributed by atoms with Crippen molar-refractivity contribution >= 4 is 21.9 Å². The fraction of sp³-hybridized carbons (Fsp3) is 0.0698. The predicted octanol–water partition coefficient (Wildman–Crippen LogP) is 11.4. The molecule has 0 atom stereocenters. The number of rotatable bonds is 4. The van der Waals surface area contributed by atoms with Crippen molar-refractivity contribution in [2.75, 3.05) is 0 Å². The van der Waals surface area contributed by atoms with Crippen molar-refractivity contribution in [2.45, 2.75) is 19.3 Å². The number of hydrogen-bond donors (Lipinski definition) is 0. The molecular weight excluding hydrogens is 560 g/mol. The van der Waals surface area contributed by atoms with Crippen LogP contribution in [0.15, 0.2) is 150 Å². The van der Waals surface area contributed by atoms with Crippen LogP contribution in [0, 0.1) is 0 Å². The van der Waals surface area contributed by atoms with E-state index >= 15 is 0 Å². The van der Waals surface area contributed by atoms with Crippen molar-refractivity contribution in [1.82, 2.24) is 9.97 Å². The summed E-state index contributed by atoms with van der Waals surface area (Å²) in [6.45, 7) is 4.58. The molecule has 0 N–H and O–H groups in total. The second kappa shape index (κ2) is 10.1. The summed E-state index contributed by atoms with van der Waals surface area (Å²) in [5, 5.41) is 2.27. The molecule has 1 aliphatic rings. The minimum absolute atomic E-state index is 0.246. The van der Waals surface area contributed by atoms with Crippen molar-refractivity contribution < 1.29 is 4.42 Å². The lowest BCUT2D eigenvalue weighted by molar-refractivity contribution is 0.658. The van der Waals surface area contributed by atoms with E-state index in [1.54, 1.807) is 0 Å². The van der Waals surface area contributed by atoms with Gasteiger partial charge in [0.15, 0.2) is 5.82 Å². The average Bonchev–Trinajstić information content (AvgIpc) is 3.61. The number of para-hydroxylation sites is 2. The number of furan rings is 1. The molecule has 3 heteroatoms. The molecule has 0 saturated carbocycles. The minimum Gasteiger partial charge on any atom is -0.455 e. The lowest BCUT2D eigenvalue weighted by atomic mass is 9.80. The molecule has 6 aromatic carbocycles. The molecule has 0 saturated heterocycles. The van der Waals surface area contributed by atoms with Gasteiger partial charge in [-0.1, -0.05) is 147 Å². The molecule has 1 aliphatic carbocycles. The number of aromatic nitrogens is 2. The van der Waals surface area contributed by atoms with Gasteiger partial charge in [0.05, 0.1) is 11.4 Å². The van der Waals surface area contributed by atoms with Gasteiger partial charge < -0.3 is 4.42 Å². The van der Waals surface area contributed by atoms with Crippen LogP contribution in [-0.2, 0) is 5.41 Å². The van der Waals surface area contributed by atoms with Gasteiger partial charge in [-0.3, -0.25) is 0 Å². The van der Waals surface area contributed by atoms with E-state index in [1.165, 1.54) is 22.3 Å². The zero-order chi connectivity index (χ0) is 30.8. The zero-order valence-corrected chi connectivity index (χ0v) is 25.7. The molecule has 218 valence electrons. The summed E-state index contributed by atoms with van der Waals surface area (Å²) in [5.41, 5.74) is 13.8. The quantitative estimate of drug-likeness (QED) is 0.205. The molecule has 0 fully saturated rings. The van der Waals surface area contributed by atoms with Crippen LogP contribution in [0.25, 0.3) is 78.1 Å². The first-order valence-corrected chi connectivity index (χ1v) is 15.8. The van der Waals surface area contributed by atoms with Gasteiger partial charge in [-0.05, 0) is 34.4 Å². The summed E-state index contributed by atoms with van der Waals surface area (Å²) in [6.07, 6.45) is 0. The van der Waals surface area contributed by atoms with Gasteiger partial charge in [0.2, 0.25) is 0 Å². The Morgan fingerprint density at radius 3 is 1.98 bits per heavy atom. The first-order valence-electron chi connectivity index (χ1n) is 15.8. The largest absolute Gasteiger partial charge is 0.455 e. The third kappa shape index (κ3) is 4.05. The van der Waals surface area contributed by atoms with Crippen LogP contribution < -0.4 is 0 Å². The minimum atomic E-state index is -0.246. The lowest BCUT2D eigenvalue weighted by Crippen LogP contribution is -2.17. The molecule has 0 radical (unpaired) electrons. The van der Waals surface area contributed by atoms with Gasteiger partial charge in [-0.2, -0.15) is 0 Å². The van der Waals surface area contributed by atoms with Crippen LogP contribution in [0.2, 0.25) is 0 Å². The molecule has 2 heterocycles. The van der Waals surface area contributed by atoms with Gasteiger partial charge in [-0.15, -0.1) is 0 Å². The van der Waals surface area contributed by atoms with Crippen molar-refractivity contribution in [3.05, 3.63) is 157 Å². The molecule has 0 spiro atoms. The normalized spacial score (nSPS) is 13.2. The van der Waals surface area contributed by atoms with Gasteiger partial charge in [-0.25, -0.2) is 9.97 Å². The van der Waals surface area contributed by atoms with Crippen LogP contribution in [0.3, 0.4) is 0 Å². The number of hydrogen-bond acceptors (Lipinski definition) is 3. The standard InChI is InChI=1S/C43H30N2O/c1-43(2)36-20-8-6-17-35(36)40-38(43)39(44-42(45-40)31-15-10-14-30(26-31)27-12-4-3-5-13-27)29-24-22-28(23-25-29)32-18-11-19-34-33-16-7-9-21-37(33)46-41(32)34/h3-26H,1-2H3. The third-order valence-corrected chi connectivity index (χ3v) is 9.49. The van der Waals surface area contributed by atoms with E-state index in [0.29, 0.717) is 0 Å². The Bertz CT molecular complexity index is 2440. The van der Waals surface area contributed by atoms with Crippen molar-refractivity contribution in [3.8, 4) is 56.2 Å². The van der Waals surface area contributed by atoms with E-state index in [9.17, 15) is 0 Å². The Balaban J connectivity index is 1.21. The predicted molar refractivity (Wildman–Crippen MR) is 189 cm³/mol. The highest BCUT2D eigenvalue weighted by Crippen LogP contribution is 2.51. The summed E-state index contributed by atoms with van der Waals surface area (Å²) in [7, 11) is 0. The maximum atomic E-state index is 6.36. The van der Waals surface area contributed by atoms with Crippen LogP contribution in [-0.4, -0.2) is 9.97 Å². The van der Waals surface area contributed by atoms with E-state index < -0.39 is 0 Å². The average molecular weight is 591 g/mol. The van der Waals surface area contributed by atoms with E-state index in [-0.39, 0.29) is 5.41 Å². The van der Waals surface area contributed by atoms with Gasteiger partial charge in [0, 0.05) is 44.0 Å². The highest BCUT2D eigenvalue weighted by molar-refractivity contribution is 6.09. The molecule has 2 aromatic heterocycles. The highest BCUT2D eigenvalue weighted by Gasteiger charge is 2.40. The molecule has 46 heavy (non-hydrogen) atoms. The van der Waals surface area contributed by atoms with E-state index in [0.717, 1.165) is 67.0 Å². The summed E-state index contributed by atoms with van der Waals surface area (Å²) >= 11 is 0. The molecule has 8 aromatic rings. The highest BCUT2D eigenvalue weighted by atomic mass is 16.3. The van der Waals surface area contributed by atoms with Crippen molar-refractivity contribution in [3.63, 3.8) is 0 Å².